The Balaban J connectivity index is 1.13. The molecule has 248 valence electrons. The van der Waals surface area contributed by atoms with Gasteiger partial charge in [0.2, 0.25) is 0 Å². The van der Waals surface area contributed by atoms with E-state index in [9.17, 15) is 9.59 Å². The van der Waals surface area contributed by atoms with E-state index in [0.717, 1.165) is 36.5 Å². The number of ether oxygens (including phenoxy) is 3. The summed E-state index contributed by atoms with van der Waals surface area (Å²) in [7, 11) is 0. The van der Waals surface area contributed by atoms with E-state index >= 15 is 0 Å². The summed E-state index contributed by atoms with van der Waals surface area (Å²) in [5.74, 6) is 0.262. The minimum absolute atomic E-state index is 0.351. The molecule has 10 nitrogen and oxygen atoms in total. The van der Waals surface area contributed by atoms with Crippen molar-refractivity contribution in [2.45, 2.75) is 32.6 Å². The highest BCUT2D eigenvalue weighted by molar-refractivity contribution is 5.99. The maximum atomic E-state index is 13.0. The molecule has 0 saturated heterocycles. The van der Waals surface area contributed by atoms with Gasteiger partial charge in [-0.25, -0.2) is 9.59 Å². The summed E-state index contributed by atoms with van der Waals surface area (Å²) < 4.78 is 16.7. The summed E-state index contributed by atoms with van der Waals surface area (Å²) in [6.45, 7) is 6.15. The van der Waals surface area contributed by atoms with Gasteiger partial charge in [-0.15, -0.1) is 5.11 Å². The Hall–Kier alpha value is -6.16. The fourth-order valence-corrected chi connectivity index (χ4v) is 4.67. The maximum Gasteiger partial charge on any atom is 0.343 e. The third kappa shape index (κ3) is 10.2. The normalized spacial score (nSPS) is 11.2. The van der Waals surface area contributed by atoms with Crippen molar-refractivity contribution in [3.8, 4) is 11.5 Å². The number of anilines is 1. The van der Waals surface area contributed by atoms with E-state index in [-0.39, 0.29) is 5.97 Å². The van der Waals surface area contributed by atoms with Crippen LogP contribution < -0.4 is 15.2 Å². The lowest BCUT2D eigenvalue weighted by molar-refractivity contribution is -0.139. The number of azo groups is 2. The van der Waals surface area contributed by atoms with Gasteiger partial charge in [0.1, 0.15) is 11.5 Å². The summed E-state index contributed by atoms with van der Waals surface area (Å²) in [6.07, 6.45) is 3.56. The number of fused-ring (bicyclic) bond motifs is 1. The lowest BCUT2D eigenvalue weighted by atomic mass is 10.1. The third-order valence-electron chi connectivity index (χ3n) is 7.34. The van der Waals surface area contributed by atoms with Crippen LogP contribution in [0.1, 0.15) is 43.0 Å². The van der Waals surface area contributed by atoms with Crippen LogP contribution in [-0.2, 0) is 9.53 Å². The monoisotopic (exact) mass is 655 g/mol. The molecule has 0 aliphatic carbocycles. The molecule has 0 spiro atoms. The first-order valence-corrected chi connectivity index (χ1v) is 15.9. The summed E-state index contributed by atoms with van der Waals surface area (Å²) in [5.41, 5.74) is 9.87. The fraction of sp³-hybridized carbons (Fsp3) is 0.179. The van der Waals surface area contributed by atoms with E-state index in [1.165, 1.54) is 0 Å². The van der Waals surface area contributed by atoms with Gasteiger partial charge in [0.05, 0.1) is 41.5 Å². The second-order valence-corrected chi connectivity index (χ2v) is 11.2. The number of esters is 2. The zero-order valence-corrected chi connectivity index (χ0v) is 27.2. The van der Waals surface area contributed by atoms with E-state index < -0.39 is 5.97 Å². The Morgan fingerprint density at radius 2 is 1.22 bits per heavy atom. The Morgan fingerprint density at radius 1 is 0.653 bits per heavy atom. The van der Waals surface area contributed by atoms with Crippen molar-refractivity contribution in [3.05, 3.63) is 127 Å². The molecule has 5 aromatic carbocycles. The van der Waals surface area contributed by atoms with Crippen LogP contribution in [0.4, 0.5) is 28.4 Å². The molecule has 5 aromatic rings. The molecule has 0 aliphatic rings. The molecule has 0 fully saturated rings. The van der Waals surface area contributed by atoms with Crippen LogP contribution in [0.2, 0.25) is 0 Å². The summed E-state index contributed by atoms with van der Waals surface area (Å²) in [5, 5.41) is 18.9. The molecule has 10 heteroatoms. The average molecular weight is 656 g/mol. The van der Waals surface area contributed by atoms with Gasteiger partial charge < -0.3 is 19.9 Å². The molecule has 49 heavy (non-hydrogen) atoms. The smallest absolute Gasteiger partial charge is 0.343 e. The van der Waals surface area contributed by atoms with Crippen LogP contribution in [0, 0.1) is 0 Å². The molecule has 0 saturated carbocycles. The standard InChI is InChI=1S/C39H37N5O5/c1-27(2)38(45)48-26-8-4-3-7-25-47-33-21-11-28(12-22-33)39(46)49-37-24-23-36(34-9-5-6-10-35(34)37)44-43-32-19-17-31(18-20-32)42-41-30-15-13-29(40)14-16-30/h5-6,9-24H,1,3-4,7-8,25-26,40H2,2H3. The van der Waals surface area contributed by atoms with Crippen LogP contribution in [0.5, 0.6) is 11.5 Å². The van der Waals surface area contributed by atoms with Crippen molar-refractivity contribution >= 4 is 51.1 Å². The zero-order chi connectivity index (χ0) is 34.4. The Morgan fingerprint density at radius 3 is 1.86 bits per heavy atom. The molecular weight excluding hydrogens is 618 g/mol. The van der Waals surface area contributed by atoms with Gasteiger partial charge in [0.25, 0.3) is 0 Å². The SMILES string of the molecule is C=C(C)C(=O)OCCCCCCOc1ccc(C(=O)Oc2ccc(N=Nc3ccc(N=Nc4ccc(N)cc4)cc3)c3ccccc23)cc1. The second kappa shape index (κ2) is 17.1. The lowest BCUT2D eigenvalue weighted by Crippen LogP contribution is -2.08. The van der Waals surface area contributed by atoms with Crippen LogP contribution >= 0.6 is 0 Å². The number of nitrogens with zero attached hydrogens (tertiary/aromatic N) is 4. The van der Waals surface area contributed by atoms with Crippen molar-refractivity contribution in [2.75, 3.05) is 18.9 Å². The van der Waals surface area contributed by atoms with Gasteiger partial charge in [-0.2, -0.15) is 15.3 Å². The molecular formula is C39H37N5O5. The van der Waals surface area contributed by atoms with Gasteiger partial charge in [-0.3, -0.25) is 0 Å². The quantitative estimate of drug-likeness (QED) is 0.0297. The summed E-state index contributed by atoms with van der Waals surface area (Å²) in [6, 6.07) is 32.3. The molecule has 0 unspecified atom stereocenters. The van der Waals surface area contributed by atoms with Crippen LogP contribution in [0.3, 0.4) is 0 Å². The number of nitrogens with two attached hydrogens (primary N) is 1. The summed E-state index contributed by atoms with van der Waals surface area (Å²) >= 11 is 0. The third-order valence-corrected chi connectivity index (χ3v) is 7.34. The zero-order valence-electron chi connectivity index (χ0n) is 27.2. The molecule has 0 radical (unpaired) electrons. The van der Waals surface area contributed by atoms with E-state index in [1.54, 1.807) is 67.6 Å². The number of hydrogen-bond donors (Lipinski definition) is 1. The first kappa shape index (κ1) is 34.2. The van der Waals surface area contributed by atoms with Gasteiger partial charge in [-0.1, -0.05) is 30.8 Å². The van der Waals surface area contributed by atoms with Crippen LogP contribution in [0.25, 0.3) is 10.8 Å². The number of rotatable bonds is 15. The number of carbonyl (C=O) groups is 2. The number of hydrogen-bond acceptors (Lipinski definition) is 10. The van der Waals surface area contributed by atoms with E-state index in [1.807, 2.05) is 48.5 Å². The van der Waals surface area contributed by atoms with E-state index in [4.69, 9.17) is 19.9 Å². The molecule has 0 atom stereocenters. The molecule has 0 bridgehead atoms. The molecule has 0 amide bonds. The lowest BCUT2D eigenvalue weighted by Gasteiger charge is -2.10. The number of unbranched alkanes of at least 4 members (excludes halogenated alkanes) is 3. The first-order chi connectivity index (χ1) is 23.9. The molecule has 2 N–H and O–H groups in total. The molecule has 0 heterocycles. The van der Waals surface area contributed by atoms with Crippen LogP contribution in [-0.4, -0.2) is 25.2 Å². The number of benzene rings is 5. The highest BCUT2D eigenvalue weighted by Gasteiger charge is 2.13. The Bertz CT molecular complexity index is 1950. The highest BCUT2D eigenvalue weighted by atomic mass is 16.5. The maximum absolute atomic E-state index is 13.0. The first-order valence-electron chi connectivity index (χ1n) is 15.9. The van der Waals surface area contributed by atoms with E-state index in [0.29, 0.717) is 64.3 Å². The fourth-order valence-electron chi connectivity index (χ4n) is 4.67. The summed E-state index contributed by atoms with van der Waals surface area (Å²) in [4.78, 5) is 24.4. The largest absolute Gasteiger partial charge is 0.494 e. The van der Waals surface area contributed by atoms with Crippen molar-refractivity contribution in [3.63, 3.8) is 0 Å². The molecule has 0 aromatic heterocycles. The van der Waals surface area contributed by atoms with Crippen molar-refractivity contribution < 1.29 is 23.8 Å². The number of carbonyl (C=O) groups excluding carboxylic acids is 2. The molecule has 5 rings (SSSR count). The minimum atomic E-state index is -0.480. The van der Waals surface area contributed by atoms with Gasteiger partial charge in [-0.05, 0) is 118 Å². The topological polar surface area (TPSA) is 137 Å². The predicted octanol–water partition coefficient (Wildman–Crippen LogP) is 10.5. The highest BCUT2D eigenvalue weighted by Crippen LogP contribution is 2.35. The predicted molar refractivity (Wildman–Crippen MR) is 191 cm³/mol. The Labute approximate surface area is 285 Å². The van der Waals surface area contributed by atoms with Gasteiger partial charge >= 0.3 is 11.9 Å². The second-order valence-electron chi connectivity index (χ2n) is 11.2. The van der Waals surface area contributed by atoms with Crippen molar-refractivity contribution in [2.24, 2.45) is 20.5 Å². The van der Waals surface area contributed by atoms with Crippen LogP contribution in [0.15, 0.2) is 142 Å². The van der Waals surface area contributed by atoms with Gasteiger partial charge in [0.15, 0.2) is 0 Å². The van der Waals surface area contributed by atoms with Crippen molar-refractivity contribution in [1.29, 1.82) is 0 Å². The van der Waals surface area contributed by atoms with E-state index in [2.05, 4.69) is 27.0 Å². The Kier molecular flexibility index (Phi) is 11.9. The van der Waals surface area contributed by atoms with Crippen molar-refractivity contribution in [1.82, 2.24) is 0 Å². The molecule has 0 aliphatic heterocycles. The number of nitrogen functional groups attached to an aromatic ring is 1. The van der Waals surface area contributed by atoms with Gasteiger partial charge in [0, 0.05) is 22.0 Å². The average Bonchev–Trinajstić information content (AvgIpc) is 3.12. The minimum Gasteiger partial charge on any atom is -0.494 e.